The van der Waals surface area contributed by atoms with E-state index in [-0.39, 0.29) is 11.4 Å². The van der Waals surface area contributed by atoms with Gasteiger partial charge in [-0.15, -0.1) is 0 Å². The fraction of sp³-hybridized carbons (Fsp3) is 0.538. The van der Waals surface area contributed by atoms with Crippen molar-refractivity contribution in [3.63, 3.8) is 0 Å². The van der Waals surface area contributed by atoms with E-state index in [1.54, 1.807) is 6.07 Å². The summed E-state index contributed by atoms with van der Waals surface area (Å²) in [6.45, 7) is 4.33. The maximum Gasteiger partial charge on any atom is 0.123 e. The smallest absolute Gasteiger partial charge is 0.123 e. The third-order valence-electron chi connectivity index (χ3n) is 3.87. The van der Waals surface area contributed by atoms with Gasteiger partial charge in [0, 0.05) is 5.54 Å². The molecule has 0 aromatic heterocycles. The van der Waals surface area contributed by atoms with Crippen molar-refractivity contribution in [3.05, 3.63) is 35.1 Å². The van der Waals surface area contributed by atoms with Crippen molar-refractivity contribution < 1.29 is 4.39 Å². The van der Waals surface area contributed by atoms with Crippen LogP contribution in [0.5, 0.6) is 0 Å². The van der Waals surface area contributed by atoms with E-state index in [1.807, 2.05) is 6.07 Å². The van der Waals surface area contributed by atoms with Gasteiger partial charge in [-0.1, -0.05) is 26.3 Å². The van der Waals surface area contributed by atoms with Gasteiger partial charge in [0.1, 0.15) is 5.82 Å². The van der Waals surface area contributed by atoms with E-state index in [9.17, 15) is 4.39 Å². The van der Waals surface area contributed by atoms with Gasteiger partial charge in [-0.25, -0.2) is 4.39 Å². The van der Waals surface area contributed by atoms with Gasteiger partial charge in [0.2, 0.25) is 0 Å². The summed E-state index contributed by atoms with van der Waals surface area (Å²) in [4.78, 5) is 0. The van der Waals surface area contributed by atoms with Crippen molar-refractivity contribution >= 4 is 0 Å². The molecule has 2 N–H and O–H groups in total. The van der Waals surface area contributed by atoms with Gasteiger partial charge in [0.05, 0.1) is 0 Å². The Hall–Kier alpha value is -0.890. The van der Waals surface area contributed by atoms with Crippen molar-refractivity contribution in [2.75, 3.05) is 0 Å². The largest absolute Gasteiger partial charge is 0.321 e. The minimum Gasteiger partial charge on any atom is -0.321 e. The minimum atomic E-state index is -0.238. The van der Waals surface area contributed by atoms with Crippen LogP contribution in [0.15, 0.2) is 18.2 Å². The second kappa shape index (κ2) is 3.60. The third kappa shape index (κ3) is 1.57. The van der Waals surface area contributed by atoms with Crippen LogP contribution in [-0.2, 0) is 12.0 Å². The second-order valence-electron chi connectivity index (χ2n) is 4.65. The molecule has 1 aromatic rings. The van der Waals surface area contributed by atoms with E-state index < -0.39 is 0 Å². The number of hydrogen-bond donors (Lipinski definition) is 1. The third-order valence-corrected chi connectivity index (χ3v) is 3.87. The second-order valence-corrected chi connectivity index (χ2v) is 4.65. The van der Waals surface area contributed by atoms with E-state index in [4.69, 9.17) is 5.73 Å². The fourth-order valence-corrected chi connectivity index (χ4v) is 2.58. The van der Waals surface area contributed by atoms with Crippen molar-refractivity contribution in [2.24, 2.45) is 11.7 Å². The molecule has 0 aliphatic heterocycles. The number of hydrogen-bond acceptors (Lipinski definition) is 1. The number of halogens is 1. The molecule has 2 rings (SSSR count). The van der Waals surface area contributed by atoms with Gasteiger partial charge in [-0.2, -0.15) is 0 Å². The van der Waals surface area contributed by atoms with E-state index in [1.165, 1.54) is 6.07 Å². The lowest BCUT2D eigenvalue weighted by Gasteiger charge is -2.32. The van der Waals surface area contributed by atoms with Crippen LogP contribution in [-0.4, -0.2) is 0 Å². The molecule has 15 heavy (non-hydrogen) atoms. The summed E-state index contributed by atoms with van der Waals surface area (Å²) in [5.41, 5.74) is 8.46. The summed E-state index contributed by atoms with van der Waals surface area (Å²) in [5.74, 6) is 0.298. The molecule has 0 fully saturated rings. The topological polar surface area (TPSA) is 26.0 Å². The molecule has 1 aromatic carbocycles. The molecule has 0 saturated heterocycles. The molecule has 2 unspecified atom stereocenters. The Kier molecular flexibility index (Phi) is 2.55. The first kappa shape index (κ1) is 10.6. The van der Waals surface area contributed by atoms with Crippen LogP contribution in [0.4, 0.5) is 4.39 Å². The Balaban J connectivity index is 2.43. The molecule has 0 heterocycles. The lowest BCUT2D eigenvalue weighted by molar-refractivity contribution is 0.286. The highest BCUT2D eigenvalue weighted by Crippen LogP contribution is 2.41. The van der Waals surface area contributed by atoms with E-state index in [2.05, 4.69) is 13.8 Å². The molecule has 82 valence electrons. The van der Waals surface area contributed by atoms with Crippen LogP contribution in [0.3, 0.4) is 0 Å². The summed E-state index contributed by atoms with van der Waals surface area (Å²) >= 11 is 0. The van der Waals surface area contributed by atoms with Crippen LogP contribution in [0.25, 0.3) is 0 Å². The molecule has 0 spiro atoms. The zero-order valence-electron chi connectivity index (χ0n) is 9.39. The van der Waals surface area contributed by atoms with E-state index >= 15 is 0 Å². The predicted octanol–water partition coefficient (Wildman–Crippen LogP) is 2.97. The molecule has 0 saturated carbocycles. The molecule has 0 radical (unpaired) electrons. The Morgan fingerprint density at radius 2 is 2.27 bits per heavy atom. The zero-order valence-corrected chi connectivity index (χ0v) is 9.39. The summed E-state index contributed by atoms with van der Waals surface area (Å²) in [6, 6.07) is 5.02. The van der Waals surface area contributed by atoms with Crippen molar-refractivity contribution in [1.82, 2.24) is 0 Å². The molecule has 1 aliphatic rings. The molecule has 2 atom stereocenters. The summed E-state index contributed by atoms with van der Waals surface area (Å²) < 4.78 is 13.1. The molecule has 1 nitrogen and oxygen atoms in total. The van der Waals surface area contributed by atoms with Crippen molar-refractivity contribution in [2.45, 2.75) is 38.6 Å². The quantitative estimate of drug-likeness (QED) is 0.792. The number of fused-ring (bicyclic) bond motifs is 1. The average Bonchev–Trinajstić information content (AvgIpc) is 2.56. The first-order chi connectivity index (χ1) is 7.08. The van der Waals surface area contributed by atoms with E-state index in [0.29, 0.717) is 5.92 Å². The summed E-state index contributed by atoms with van der Waals surface area (Å²) in [6.07, 6.45) is 2.92. The molecule has 2 heteroatoms. The normalized spacial score (nSPS) is 26.4. The molecule has 0 amide bonds. The average molecular weight is 207 g/mol. The van der Waals surface area contributed by atoms with Gasteiger partial charge >= 0.3 is 0 Å². The molecular weight excluding hydrogens is 189 g/mol. The van der Waals surface area contributed by atoms with Gasteiger partial charge in [-0.3, -0.25) is 0 Å². The highest BCUT2D eigenvalue weighted by atomic mass is 19.1. The van der Waals surface area contributed by atoms with Gasteiger partial charge in [0.25, 0.3) is 0 Å². The van der Waals surface area contributed by atoms with Gasteiger partial charge < -0.3 is 5.73 Å². The van der Waals surface area contributed by atoms with Crippen LogP contribution < -0.4 is 5.73 Å². The van der Waals surface area contributed by atoms with Gasteiger partial charge in [-0.05, 0) is 42.0 Å². The Morgan fingerprint density at radius 3 is 2.93 bits per heavy atom. The summed E-state index contributed by atoms with van der Waals surface area (Å²) in [5, 5.41) is 0. The predicted molar refractivity (Wildman–Crippen MR) is 60.0 cm³/mol. The van der Waals surface area contributed by atoms with Gasteiger partial charge in [0.15, 0.2) is 0 Å². The van der Waals surface area contributed by atoms with Crippen LogP contribution in [0, 0.1) is 11.7 Å². The van der Waals surface area contributed by atoms with Crippen LogP contribution in [0.2, 0.25) is 0 Å². The Morgan fingerprint density at radius 1 is 1.53 bits per heavy atom. The number of benzene rings is 1. The molecule has 1 aliphatic carbocycles. The number of aryl methyl sites for hydroxylation is 1. The maximum absolute atomic E-state index is 13.1. The molecular formula is C13H18FN. The highest BCUT2D eigenvalue weighted by Gasteiger charge is 2.38. The minimum absolute atomic E-state index is 0.151. The van der Waals surface area contributed by atoms with Crippen molar-refractivity contribution in [3.8, 4) is 0 Å². The Labute approximate surface area is 90.5 Å². The fourth-order valence-electron chi connectivity index (χ4n) is 2.58. The SMILES string of the molecule is CCC(C)C1(N)CCc2cc(F)ccc21. The standard InChI is InChI=1S/C13H18FN/c1-3-9(2)13(15)7-6-10-8-11(14)4-5-12(10)13/h4-5,8-9H,3,6-7,15H2,1-2H3. The summed E-state index contributed by atoms with van der Waals surface area (Å²) in [7, 11) is 0. The highest BCUT2D eigenvalue weighted by molar-refractivity contribution is 5.39. The first-order valence-electron chi connectivity index (χ1n) is 5.65. The monoisotopic (exact) mass is 207 g/mol. The zero-order chi connectivity index (χ0) is 11.1. The maximum atomic E-state index is 13.1. The Bertz CT molecular complexity index is 375. The van der Waals surface area contributed by atoms with Crippen LogP contribution >= 0.6 is 0 Å². The number of rotatable bonds is 2. The first-order valence-corrected chi connectivity index (χ1v) is 5.65. The number of nitrogens with two attached hydrogens (primary N) is 1. The molecule has 0 bridgehead atoms. The lowest BCUT2D eigenvalue weighted by atomic mass is 9.79. The van der Waals surface area contributed by atoms with Crippen LogP contribution in [0.1, 0.15) is 37.8 Å². The lowest BCUT2D eigenvalue weighted by Crippen LogP contribution is -2.40. The van der Waals surface area contributed by atoms with Crippen molar-refractivity contribution in [1.29, 1.82) is 0 Å². The van der Waals surface area contributed by atoms with E-state index in [0.717, 1.165) is 30.4 Å².